The average molecular weight is 248 g/mol. The number of hydrogen-bond acceptors (Lipinski definition) is 3. The summed E-state index contributed by atoms with van der Waals surface area (Å²) in [6.45, 7) is 0.566. The minimum atomic E-state index is 0.457. The van der Waals surface area contributed by atoms with Gasteiger partial charge >= 0.3 is 0 Å². The van der Waals surface area contributed by atoms with Gasteiger partial charge in [-0.3, -0.25) is 0 Å². The average Bonchev–Trinajstić information content (AvgIpc) is 2.88. The van der Waals surface area contributed by atoms with Crippen molar-refractivity contribution in [3.63, 3.8) is 0 Å². The second-order valence-corrected chi connectivity index (χ2v) is 4.20. The number of anilines is 1. The number of aromatic nitrogens is 2. The number of rotatable bonds is 2. The second-order valence-electron chi connectivity index (χ2n) is 3.77. The lowest BCUT2D eigenvalue weighted by atomic mass is 10.3. The molecule has 17 heavy (non-hydrogen) atoms. The summed E-state index contributed by atoms with van der Waals surface area (Å²) in [6.07, 6.45) is 1.64. The molecule has 0 amide bonds. The van der Waals surface area contributed by atoms with Gasteiger partial charge in [0.25, 0.3) is 0 Å². The first kappa shape index (κ1) is 10.2. The van der Waals surface area contributed by atoms with E-state index >= 15 is 0 Å². The third-order valence-electron chi connectivity index (χ3n) is 2.63. The molecule has 0 bridgehead atoms. The Bertz CT molecular complexity index is 658. The van der Waals surface area contributed by atoms with E-state index in [1.807, 2.05) is 28.8 Å². The van der Waals surface area contributed by atoms with Crippen molar-refractivity contribution in [1.29, 1.82) is 0 Å². The summed E-state index contributed by atoms with van der Waals surface area (Å²) in [4.78, 5) is 4.27. The zero-order valence-electron chi connectivity index (χ0n) is 8.93. The van der Waals surface area contributed by atoms with Gasteiger partial charge < -0.3 is 14.7 Å². The van der Waals surface area contributed by atoms with Crippen LogP contribution in [0.3, 0.4) is 0 Å². The van der Waals surface area contributed by atoms with Crippen molar-refractivity contribution in [2.45, 2.75) is 6.54 Å². The molecule has 2 aromatic heterocycles. The first-order chi connectivity index (χ1) is 8.24. The van der Waals surface area contributed by atoms with E-state index in [-0.39, 0.29) is 0 Å². The lowest BCUT2D eigenvalue weighted by Gasteiger charge is -2.03. The Hall–Kier alpha value is -1.94. The predicted molar refractivity (Wildman–Crippen MR) is 67.0 cm³/mol. The molecule has 2 N–H and O–H groups in total. The van der Waals surface area contributed by atoms with Gasteiger partial charge in [-0.2, -0.15) is 0 Å². The SMILES string of the molecule is Nc1nc2cc(Cl)ccc2n1Cc1ccco1. The van der Waals surface area contributed by atoms with Crippen LogP contribution in [0.15, 0.2) is 41.0 Å². The molecular formula is C12H10ClN3O. The molecule has 0 saturated carbocycles. The topological polar surface area (TPSA) is 57.0 Å². The highest BCUT2D eigenvalue weighted by molar-refractivity contribution is 6.31. The summed E-state index contributed by atoms with van der Waals surface area (Å²) in [5.74, 6) is 1.30. The summed E-state index contributed by atoms with van der Waals surface area (Å²) in [7, 11) is 0. The van der Waals surface area contributed by atoms with Crippen LogP contribution in [0.4, 0.5) is 5.95 Å². The molecule has 4 nitrogen and oxygen atoms in total. The second kappa shape index (κ2) is 3.82. The fourth-order valence-electron chi connectivity index (χ4n) is 1.85. The van der Waals surface area contributed by atoms with E-state index in [2.05, 4.69) is 4.98 Å². The van der Waals surface area contributed by atoms with Crippen LogP contribution in [0, 0.1) is 0 Å². The maximum absolute atomic E-state index is 5.91. The van der Waals surface area contributed by atoms with Gasteiger partial charge in [0, 0.05) is 5.02 Å². The Labute approximate surface area is 103 Å². The molecule has 2 heterocycles. The van der Waals surface area contributed by atoms with Gasteiger partial charge in [-0.15, -0.1) is 0 Å². The van der Waals surface area contributed by atoms with Gasteiger partial charge in [-0.05, 0) is 30.3 Å². The third kappa shape index (κ3) is 1.76. The van der Waals surface area contributed by atoms with E-state index in [9.17, 15) is 0 Å². The van der Waals surface area contributed by atoms with Crippen LogP contribution in [0.1, 0.15) is 5.76 Å². The molecule has 0 spiro atoms. The first-order valence-corrected chi connectivity index (χ1v) is 5.55. The zero-order valence-corrected chi connectivity index (χ0v) is 9.69. The first-order valence-electron chi connectivity index (χ1n) is 5.18. The summed E-state index contributed by atoms with van der Waals surface area (Å²) in [5.41, 5.74) is 7.63. The van der Waals surface area contributed by atoms with Gasteiger partial charge in [0.05, 0.1) is 23.8 Å². The largest absolute Gasteiger partial charge is 0.467 e. The number of halogens is 1. The van der Waals surface area contributed by atoms with Gasteiger partial charge in [-0.1, -0.05) is 11.6 Å². The molecule has 1 aromatic carbocycles. The van der Waals surface area contributed by atoms with E-state index in [4.69, 9.17) is 21.8 Å². The predicted octanol–water partition coefficient (Wildman–Crippen LogP) is 2.91. The molecule has 3 rings (SSSR count). The number of nitrogen functional groups attached to an aromatic ring is 1. The standard InChI is InChI=1S/C12H10ClN3O/c13-8-3-4-11-10(6-8)15-12(14)16(11)7-9-2-1-5-17-9/h1-6H,7H2,(H2,14,15). The Balaban J connectivity index is 2.12. The van der Waals surface area contributed by atoms with E-state index in [0.717, 1.165) is 16.8 Å². The van der Waals surface area contributed by atoms with Crippen LogP contribution in [0.5, 0.6) is 0 Å². The van der Waals surface area contributed by atoms with E-state index < -0.39 is 0 Å². The molecule has 0 aliphatic carbocycles. The van der Waals surface area contributed by atoms with Crippen LogP contribution in [-0.4, -0.2) is 9.55 Å². The van der Waals surface area contributed by atoms with Crippen molar-refractivity contribution in [1.82, 2.24) is 9.55 Å². The van der Waals surface area contributed by atoms with E-state index in [1.165, 1.54) is 0 Å². The van der Waals surface area contributed by atoms with Gasteiger partial charge in [0.1, 0.15) is 5.76 Å². The molecule has 0 saturated heterocycles. The van der Waals surface area contributed by atoms with Crippen molar-refractivity contribution in [2.24, 2.45) is 0 Å². The smallest absolute Gasteiger partial charge is 0.201 e. The molecule has 3 aromatic rings. The molecule has 0 atom stereocenters. The number of nitrogens with zero attached hydrogens (tertiary/aromatic N) is 2. The zero-order chi connectivity index (χ0) is 11.8. The number of hydrogen-bond donors (Lipinski definition) is 1. The van der Waals surface area contributed by atoms with Crippen molar-refractivity contribution >= 4 is 28.6 Å². The quantitative estimate of drug-likeness (QED) is 0.758. The van der Waals surface area contributed by atoms with Crippen LogP contribution in [0.2, 0.25) is 5.02 Å². The van der Waals surface area contributed by atoms with Crippen LogP contribution >= 0.6 is 11.6 Å². The minimum Gasteiger partial charge on any atom is -0.467 e. The fraction of sp³-hybridized carbons (Fsp3) is 0.0833. The minimum absolute atomic E-state index is 0.457. The molecule has 0 unspecified atom stereocenters. The number of fused-ring (bicyclic) bond motifs is 1. The van der Waals surface area contributed by atoms with Gasteiger partial charge in [0.15, 0.2) is 0 Å². The van der Waals surface area contributed by atoms with E-state index in [1.54, 1.807) is 12.3 Å². The Kier molecular flexibility index (Phi) is 2.30. The fourth-order valence-corrected chi connectivity index (χ4v) is 2.01. The lowest BCUT2D eigenvalue weighted by molar-refractivity contribution is 0.497. The van der Waals surface area contributed by atoms with Crippen LogP contribution in [-0.2, 0) is 6.54 Å². The molecule has 0 radical (unpaired) electrons. The van der Waals surface area contributed by atoms with Crippen molar-refractivity contribution < 1.29 is 4.42 Å². The third-order valence-corrected chi connectivity index (χ3v) is 2.87. The number of nitrogens with two attached hydrogens (primary N) is 1. The van der Waals surface area contributed by atoms with Gasteiger partial charge in [0.2, 0.25) is 5.95 Å². The molecule has 0 aliphatic rings. The molecule has 0 aliphatic heterocycles. The molecule has 0 fully saturated rings. The summed E-state index contributed by atoms with van der Waals surface area (Å²) in [5, 5.41) is 0.653. The molecular weight excluding hydrogens is 238 g/mol. The van der Waals surface area contributed by atoms with Gasteiger partial charge in [-0.25, -0.2) is 4.98 Å². The number of furan rings is 1. The van der Waals surface area contributed by atoms with Crippen molar-refractivity contribution in [2.75, 3.05) is 5.73 Å². The van der Waals surface area contributed by atoms with Crippen molar-refractivity contribution in [3.05, 3.63) is 47.4 Å². The molecule has 5 heteroatoms. The highest BCUT2D eigenvalue weighted by Crippen LogP contribution is 2.22. The summed E-state index contributed by atoms with van der Waals surface area (Å²) < 4.78 is 7.20. The van der Waals surface area contributed by atoms with Crippen molar-refractivity contribution in [3.8, 4) is 0 Å². The Morgan fingerprint density at radius 3 is 3.00 bits per heavy atom. The Morgan fingerprint density at radius 2 is 2.24 bits per heavy atom. The lowest BCUT2D eigenvalue weighted by Crippen LogP contribution is -2.03. The highest BCUT2D eigenvalue weighted by atomic mass is 35.5. The Morgan fingerprint density at radius 1 is 1.35 bits per heavy atom. The van der Waals surface area contributed by atoms with Crippen LogP contribution < -0.4 is 5.73 Å². The molecule has 86 valence electrons. The maximum Gasteiger partial charge on any atom is 0.201 e. The van der Waals surface area contributed by atoms with Crippen LogP contribution in [0.25, 0.3) is 11.0 Å². The number of benzene rings is 1. The highest BCUT2D eigenvalue weighted by Gasteiger charge is 2.09. The number of imidazole rings is 1. The summed E-state index contributed by atoms with van der Waals surface area (Å²) in [6, 6.07) is 9.28. The maximum atomic E-state index is 5.91. The summed E-state index contributed by atoms with van der Waals surface area (Å²) >= 11 is 5.91. The normalized spacial score (nSPS) is 11.1. The van der Waals surface area contributed by atoms with E-state index in [0.29, 0.717) is 17.5 Å². The monoisotopic (exact) mass is 247 g/mol.